The van der Waals surface area contributed by atoms with Gasteiger partial charge in [-0.05, 0) is 42.1 Å². The number of aryl methyl sites for hydroxylation is 1. The first-order valence-corrected chi connectivity index (χ1v) is 5.16. The van der Waals surface area contributed by atoms with E-state index in [1.165, 1.54) is 17.7 Å². The Morgan fingerprint density at radius 2 is 2.07 bits per heavy atom. The molecule has 0 aliphatic heterocycles. The number of hydrogen-bond acceptors (Lipinski definition) is 2. The van der Waals surface area contributed by atoms with Gasteiger partial charge in [0.1, 0.15) is 5.82 Å². The van der Waals surface area contributed by atoms with Crippen LogP contribution in [-0.4, -0.2) is 0 Å². The van der Waals surface area contributed by atoms with Crippen LogP contribution in [0.2, 0.25) is 0 Å². The topological polar surface area (TPSA) is 26.0 Å². The third-order valence-corrected chi connectivity index (χ3v) is 3.17. The number of nitrogens with two attached hydrogens (primary N) is 1. The van der Waals surface area contributed by atoms with Crippen molar-refractivity contribution in [2.24, 2.45) is 0 Å². The van der Waals surface area contributed by atoms with Gasteiger partial charge < -0.3 is 5.73 Å². The van der Waals surface area contributed by atoms with Gasteiger partial charge in [-0.2, -0.15) is 0 Å². The van der Waals surface area contributed by atoms with Crippen LogP contribution in [0.5, 0.6) is 0 Å². The molecule has 1 nitrogen and oxygen atoms in total. The van der Waals surface area contributed by atoms with Crippen LogP contribution in [0.15, 0.2) is 29.6 Å². The van der Waals surface area contributed by atoms with Gasteiger partial charge >= 0.3 is 0 Å². The highest BCUT2D eigenvalue weighted by Gasteiger charge is 2.07. The fraction of sp³-hybridized carbons (Fsp3) is 0.0909. The first kappa shape index (κ1) is 9.21. The van der Waals surface area contributed by atoms with Crippen LogP contribution >= 0.6 is 11.3 Å². The molecule has 0 saturated carbocycles. The molecule has 2 aromatic rings. The summed E-state index contributed by atoms with van der Waals surface area (Å²) in [5.74, 6) is -0.291. The largest absolute Gasteiger partial charge is 0.398 e. The van der Waals surface area contributed by atoms with E-state index in [-0.39, 0.29) is 5.82 Å². The zero-order valence-electron chi connectivity index (χ0n) is 7.75. The summed E-state index contributed by atoms with van der Waals surface area (Å²) in [6.07, 6.45) is 0. The average molecular weight is 207 g/mol. The number of hydrogen-bond donors (Lipinski definition) is 1. The van der Waals surface area contributed by atoms with Gasteiger partial charge in [-0.15, -0.1) is 11.3 Å². The summed E-state index contributed by atoms with van der Waals surface area (Å²) >= 11 is 1.62. The summed E-state index contributed by atoms with van der Waals surface area (Å²) in [5, 5.41) is 2.01. The van der Waals surface area contributed by atoms with Crippen molar-refractivity contribution in [3.63, 3.8) is 0 Å². The van der Waals surface area contributed by atoms with Crippen molar-refractivity contribution in [3.8, 4) is 10.4 Å². The molecule has 72 valence electrons. The minimum atomic E-state index is -0.291. The summed E-state index contributed by atoms with van der Waals surface area (Å²) < 4.78 is 12.8. The molecule has 0 unspecified atom stereocenters. The van der Waals surface area contributed by atoms with E-state index in [4.69, 9.17) is 5.73 Å². The second-order valence-electron chi connectivity index (χ2n) is 3.16. The Bertz CT molecular complexity index is 462. The van der Waals surface area contributed by atoms with Crippen LogP contribution in [0.4, 0.5) is 10.1 Å². The van der Waals surface area contributed by atoms with E-state index in [2.05, 4.69) is 0 Å². The van der Waals surface area contributed by atoms with Crippen LogP contribution in [0.3, 0.4) is 0 Å². The van der Waals surface area contributed by atoms with E-state index in [1.54, 1.807) is 17.4 Å². The van der Waals surface area contributed by atoms with Gasteiger partial charge in [-0.25, -0.2) is 4.39 Å². The molecule has 3 heteroatoms. The normalized spacial score (nSPS) is 10.4. The summed E-state index contributed by atoms with van der Waals surface area (Å²) in [7, 11) is 0. The summed E-state index contributed by atoms with van der Waals surface area (Å²) in [4.78, 5) is 1.11. The zero-order valence-corrected chi connectivity index (χ0v) is 8.57. The molecule has 14 heavy (non-hydrogen) atoms. The quantitative estimate of drug-likeness (QED) is 0.712. The lowest BCUT2D eigenvalue weighted by atomic mass is 10.1. The zero-order chi connectivity index (χ0) is 10.1. The number of anilines is 1. The number of thiophene rings is 1. The first-order chi connectivity index (χ1) is 6.68. The molecule has 0 aliphatic carbocycles. The van der Waals surface area contributed by atoms with E-state index < -0.39 is 0 Å². The molecule has 1 aromatic heterocycles. The summed E-state index contributed by atoms with van der Waals surface area (Å²) in [6, 6.07) is 6.55. The van der Waals surface area contributed by atoms with Crippen LogP contribution in [0, 0.1) is 12.7 Å². The lowest BCUT2D eigenvalue weighted by Crippen LogP contribution is -1.90. The Kier molecular flexibility index (Phi) is 2.25. The molecule has 2 rings (SSSR count). The predicted molar refractivity (Wildman–Crippen MR) is 58.9 cm³/mol. The third-order valence-electron chi connectivity index (χ3n) is 2.12. The summed E-state index contributed by atoms with van der Waals surface area (Å²) in [6.45, 7) is 2.02. The maximum Gasteiger partial charge on any atom is 0.125 e. The predicted octanol–water partition coefficient (Wildman–Crippen LogP) is 3.44. The van der Waals surface area contributed by atoms with E-state index in [0.717, 1.165) is 10.4 Å². The van der Waals surface area contributed by atoms with E-state index >= 15 is 0 Å². The second-order valence-corrected chi connectivity index (χ2v) is 4.08. The maximum atomic E-state index is 12.8. The Morgan fingerprint density at radius 3 is 2.64 bits per heavy atom. The van der Waals surface area contributed by atoms with Gasteiger partial charge in [-0.1, -0.05) is 0 Å². The molecular formula is C11H10FNS. The SMILES string of the molecule is Cc1ccsc1-c1ccc(F)cc1N. The number of benzene rings is 1. The van der Waals surface area contributed by atoms with Crippen molar-refractivity contribution in [1.82, 2.24) is 0 Å². The lowest BCUT2D eigenvalue weighted by Gasteiger charge is -2.04. The van der Waals surface area contributed by atoms with Crippen molar-refractivity contribution >= 4 is 17.0 Å². The Hall–Kier alpha value is -1.35. The van der Waals surface area contributed by atoms with Crippen molar-refractivity contribution in [2.75, 3.05) is 5.73 Å². The van der Waals surface area contributed by atoms with Crippen LogP contribution in [-0.2, 0) is 0 Å². The highest BCUT2D eigenvalue weighted by molar-refractivity contribution is 7.13. The first-order valence-electron chi connectivity index (χ1n) is 4.28. The van der Waals surface area contributed by atoms with Crippen molar-refractivity contribution in [1.29, 1.82) is 0 Å². The molecule has 0 spiro atoms. The molecule has 0 saturated heterocycles. The monoisotopic (exact) mass is 207 g/mol. The van der Waals surface area contributed by atoms with Crippen LogP contribution in [0.1, 0.15) is 5.56 Å². The second kappa shape index (κ2) is 3.42. The minimum Gasteiger partial charge on any atom is -0.398 e. The minimum absolute atomic E-state index is 0.291. The molecule has 1 aromatic carbocycles. The molecule has 0 radical (unpaired) electrons. The van der Waals surface area contributed by atoms with Gasteiger partial charge in [0, 0.05) is 16.1 Å². The lowest BCUT2D eigenvalue weighted by molar-refractivity contribution is 0.628. The molecule has 0 bridgehead atoms. The van der Waals surface area contributed by atoms with E-state index in [0.29, 0.717) is 5.69 Å². The number of halogens is 1. The van der Waals surface area contributed by atoms with Crippen molar-refractivity contribution < 1.29 is 4.39 Å². The molecule has 0 atom stereocenters. The standard InChI is InChI=1S/C11H10FNS/c1-7-4-5-14-11(7)9-3-2-8(12)6-10(9)13/h2-6H,13H2,1H3. The van der Waals surface area contributed by atoms with E-state index in [1.807, 2.05) is 18.4 Å². The Labute approximate surface area is 86.0 Å². The smallest absolute Gasteiger partial charge is 0.125 e. The van der Waals surface area contributed by atoms with Crippen LogP contribution < -0.4 is 5.73 Å². The Balaban J connectivity index is 2.58. The van der Waals surface area contributed by atoms with Gasteiger partial charge in [0.05, 0.1) is 0 Å². The molecule has 0 aliphatic rings. The third kappa shape index (κ3) is 1.51. The van der Waals surface area contributed by atoms with Gasteiger partial charge in [0.2, 0.25) is 0 Å². The molecular weight excluding hydrogens is 197 g/mol. The molecule has 0 amide bonds. The highest BCUT2D eigenvalue weighted by Crippen LogP contribution is 2.33. The van der Waals surface area contributed by atoms with Gasteiger partial charge in [0.15, 0.2) is 0 Å². The van der Waals surface area contributed by atoms with Crippen molar-refractivity contribution in [3.05, 3.63) is 41.0 Å². The average Bonchev–Trinajstić information content (AvgIpc) is 2.52. The maximum absolute atomic E-state index is 12.8. The van der Waals surface area contributed by atoms with Crippen molar-refractivity contribution in [2.45, 2.75) is 6.92 Å². The number of nitrogen functional groups attached to an aromatic ring is 1. The fourth-order valence-corrected chi connectivity index (χ4v) is 2.36. The highest BCUT2D eigenvalue weighted by atomic mass is 32.1. The molecule has 1 heterocycles. The van der Waals surface area contributed by atoms with E-state index in [9.17, 15) is 4.39 Å². The summed E-state index contributed by atoms with van der Waals surface area (Å²) in [5.41, 5.74) is 8.33. The molecule has 2 N–H and O–H groups in total. The molecule has 0 fully saturated rings. The Morgan fingerprint density at radius 1 is 1.29 bits per heavy atom. The number of rotatable bonds is 1. The van der Waals surface area contributed by atoms with Crippen LogP contribution in [0.25, 0.3) is 10.4 Å². The van der Waals surface area contributed by atoms with Gasteiger partial charge in [0.25, 0.3) is 0 Å². The fourth-order valence-electron chi connectivity index (χ4n) is 1.39. The van der Waals surface area contributed by atoms with Gasteiger partial charge in [-0.3, -0.25) is 0 Å².